The van der Waals surface area contributed by atoms with Crippen molar-refractivity contribution in [2.45, 2.75) is 19.9 Å². The van der Waals surface area contributed by atoms with Crippen molar-refractivity contribution in [1.82, 2.24) is 30.5 Å². The van der Waals surface area contributed by atoms with Gasteiger partial charge in [0.2, 0.25) is 5.82 Å². The van der Waals surface area contributed by atoms with Crippen LogP contribution in [0.1, 0.15) is 29.2 Å². The zero-order valence-corrected chi connectivity index (χ0v) is 8.82. The predicted molar refractivity (Wildman–Crippen MR) is 55.5 cm³/mol. The van der Waals surface area contributed by atoms with E-state index in [0.717, 1.165) is 6.42 Å². The van der Waals surface area contributed by atoms with Crippen LogP contribution in [0, 0.1) is 0 Å². The van der Waals surface area contributed by atoms with Gasteiger partial charge < -0.3 is 10.3 Å². The summed E-state index contributed by atoms with van der Waals surface area (Å²) in [5, 5.41) is 9.15. The minimum Gasteiger partial charge on any atom is -0.347 e. The minimum atomic E-state index is -0.313. The molecule has 1 amide bonds. The molecule has 84 valence electrons. The summed E-state index contributed by atoms with van der Waals surface area (Å²) in [4.78, 5) is 22.5. The second-order valence-corrected chi connectivity index (χ2v) is 3.18. The van der Waals surface area contributed by atoms with Crippen LogP contribution in [0.4, 0.5) is 0 Å². The van der Waals surface area contributed by atoms with Crippen molar-refractivity contribution >= 4 is 5.91 Å². The molecule has 0 atom stereocenters. The molecule has 0 saturated heterocycles. The highest BCUT2D eigenvalue weighted by atomic mass is 16.2. The fourth-order valence-corrected chi connectivity index (χ4v) is 1.19. The summed E-state index contributed by atoms with van der Waals surface area (Å²) in [6, 6.07) is 0. The Morgan fingerprint density at radius 2 is 2.38 bits per heavy atom. The fourth-order valence-electron chi connectivity index (χ4n) is 1.19. The van der Waals surface area contributed by atoms with Crippen LogP contribution in [0.2, 0.25) is 0 Å². The normalized spacial score (nSPS) is 10.3. The Morgan fingerprint density at radius 1 is 1.50 bits per heavy atom. The van der Waals surface area contributed by atoms with Gasteiger partial charge in [0, 0.05) is 18.8 Å². The smallest absolute Gasteiger partial charge is 0.291 e. The van der Waals surface area contributed by atoms with Gasteiger partial charge in [-0.05, 0) is 0 Å². The first kappa shape index (κ1) is 10.3. The lowest BCUT2D eigenvalue weighted by atomic mass is 10.4. The first-order chi connectivity index (χ1) is 7.79. The standard InChI is InChI=1S/C9H12N6O/c1-2-6-13-8(15-14-6)9(16)12-5-7-10-3-4-11-7/h3-4H,2,5H2,1H3,(H,10,11)(H,12,16)(H,13,14,15). The molecule has 0 aliphatic rings. The third-order valence-corrected chi connectivity index (χ3v) is 2.04. The largest absolute Gasteiger partial charge is 0.347 e. The number of H-pyrrole nitrogens is 2. The zero-order chi connectivity index (χ0) is 11.4. The van der Waals surface area contributed by atoms with Crippen LogP contribution in [0.25, 0.3) is 0 Å². The molecular weight excluding hydrogens is 208 g/mol. The summed E-state index contributed by atoms with van der Waals surface area (Å²) in [5.74, 6) is 1.23. The van der Waals surface area contributed by atoms with E-state index in [1.54, 1.807) is 12.4 Å². The highest BCUT2D eigenvalue weighted by Gasteiger charge is 2.11. The number of imidazole rings is 1. The minimum absolute atomic E-state index is 0.156. The highest BCUT2D eigenvalue weighted by Crippen LogP contribution is 1.94. The van der Waals surface area contributed by atoms with Crippen LogP contribution in [-0.2, 0) is 13.0 Å². The number of carbonyl (C=O) groups excluding carboxylic acids is 1. The molecule has 0 spiro atoms. The first-order valence-electron chi connectivity index (χ1n) is 4.97. The molecule has 2 aromatic rings. The number of nitrogens with zero attached hydrogens (tertiary/aromatic N) is 3. The first-order valence-corrected chi connectivity index (χ1v) is 4.97. The maximum absolute atomic E-state index is 11.6. The van der Waals surface area contributed by atoms with Gasteiger partial charge >= 0.3 is 0 Å². The number of hydrogen-bond donors (Lipinski definition) is 3. The van der Waals surface area contributed by atoms with Crippen molar-refractivity contribution in [3.63, 3.8) is 0 Å². The average Bonchev–Trinajstić information content (AvgIpc) is 2.96. The number of carbonyl (C=O) groups is 1. The van der Waals surface area contributed by atoms with E-state index in [4.69, 9.17) is 0 Å². The Bertz CT molecular complexity index is 460. The number of aromatic nitrogens is 5. The molecule has 0 fully saturated rings. The number of amides is 1. The molecule has 16 heavy (non-hydrogen) atoms. The lowest BCUT2D eigenvalue weighted by Crippen LogP contribution is -2.24. The van der Waals surface area contributed by atoms with Gasteiger partial charge in [-0.15, -0.1) is 5.10 Å². The highest BCUT2D eigenvalue weighted by molar-refractivity contribution is 5.90. The molecule has 2 rings (SSSR count). The maximum atomic E-state index is 11.6. The lowest BCUT2D eigenvalue weighted by molar-refractivity contribution is 0.0940. The van der Waals surface area contributed by atoms with Gasteiger partial charge in [0.05, 0.1) is 6.54 Å². The van der Waals surface area contributed by atoms with Crippen LogP contribution in [0.3, 0.4) is 0 Å². The van der Waals surface area contributed by atoms with Gasteiger partial charge in [0.25, 0.3) is 5.91 Å². The summed E-state index contributed by atoms with van der Waals surface area (Å²) >= 11 is 0. The SMILES string of the molecule is CCc1nc(C(=O)NCc2ncc[nH]2)n[nH]1. The van der Waals surface area contributed by atoms with Crippen LogP contribution in [-0.4, -0.2) is 31.1 Å². The van der Waals surface area contributed by atoms with Gasteiger partial charge in [-0.3, -0.25) is 9.89 Å². The molecule has 7 nitrogen and oxygen atoms in total. The number of hydrogen-bond acceptors (Lipinski definition) is 4. The lowest BCUT2D eigenvalue weighted by Gasteiger charge is -1.98. The van der Waals surface area contributed by atoms with Gasteiger partial charge in [-0.2, -0.15) is 0 Å². The molecule has 0 aliphatic heterocycles. The predicted octanol–water partition coefficient (Wildman–Crippen LogP) is 0.0202. The summed E-state index contributed by atoms with van der Waals surface area (Å²) in [5.41, 5.74) is 0. The van der Waals surface area contributed by atoms with E-state index in [9.17, 15) is 4.79 Å². The van der Waals surface area contributed by atoms with Crippen LogP contribution in [0.5, 0.6) is 0 Å². The molecule has 2 heterocycles. The van der Waals surface area contributed by atoms with Gasteiger partial charge in [-0.25, -0.2) is 9.97 Å². The Labute approximate surface area is 91.7 Å². The number of rotatable bonds is 4. The summed E-state index contributed by atoms with van der Waals surface area (Å²) < 4.78 is 0. The number of nitrogens with one attached hydrogen (secondary N) is 3. The van der Waals surface area contributed by atoms with Gasteiger partial charge in [0.15, 0.2) is 0 Å². The van der Waals surface area contributed by atoms with Gasteiger partial charge in [-0.1, -0.05) is 6.92 Å². The molecule has 3 N–H and O–H groups in total. The van der Waals surface area contributed by atoms with Crippen LogP contribution in [0.15, 0.2) is 12.4 Å². The van der Waals surface area contributed by atoms with E-state index in [0.29, 0.717) is 18.2 Å². The topological polar surface area (TPSA) is 99.3 Å². The van der Waals surface area contributed by atoms with Crippen molar-refractivity contribution in [2.75, 3.05) is 0 Å². The van der Waals surface area contributed by atoms with Crippen LogP contribution < -0.4 is 5.32 Å². The van der Waals surface area contributed by atoms with E-state index in [1.165, 1.54) is 0 Å². The van der Waals surface area contributed by atoms with Crippen LogP contribution >= 0.6 is 0 Å². The van der Waals surface area contributed by atoms with E-state index in [2.05, 4.69) is 30.5 Å². The third kappa shape index (κ3) is 2.25. The van der Waals surface area contributed by atoms with E-state index in [1.807, 2.05) is 6.92 Å². The Hall–Kier alpha value is -2.18. The second kappa shape index (κ2) is 4.56. The molecule has 7 heteroatoms. The molecule has 0 aromatic carbocycles. The van der Waals surface area contributed by atoms with Crippen molar-refractivity contribution in [3.05, 3.63) is 29.9 Å². The summed E-state index contributed by atoms with van der Waals surface area (Å²) in [6.45, 7) is 2.27. The zero-order valence-electron chi connectivity index (χ0n) is 8.82. The molecule has 0 unspecified atom stereocenters. The maximum Gasteiger partial charge on any atom is 0.291 e. The average molecular weight is 220 g/mol. The van der Waals surface area contributed by atoms with Crippen molar-refractivity contribution < 1.29 is 4.79 Å². The van der Waals surface area contributed by atoms with E-state index >= 15 is 0 Å². The second-order valence-electron chi connectivity index (χ2n) is 3.18. The quantitative estimate of drug-likeness (QED) is 0.676. The molecule has 0 bridgehead atoms. The molecule has 0 saturated carbocycles. The molecular formula is C9H12N6O. The molecule has 0 aliphatic carbocycles. The summed E-state index contributed by atoms with van der Waals surface area (Å²) in [7, 11) is 0. The Balaban J connectivity index is 1.93. The number of aryl methyl sites for hydroxylation is 1. The monoisotopic (exact) mass is 220 g/mol. The van der Waals surface area contributed by atoms with E-state index < -0.39 is 0 Å². The Morgan fingerprint density at radius 3 is 3.00 bits per heavy atom. The summed E-state index contributed by atoms with van der Waals surface area (Å²) in [6.07, 6.45) is 4.05. The van der Waals surface area contributed by atoms with Crippen molar-refractivity contribution in [1.29, 1.82) is 0 Å². The fraction of sp³-hybridized carbons (Fsp3) is 0.333. The Kier molecular flexibility index (Phi) is 2.95. The number of aromatic amines is 2. The molecule has 2 aromatic heterocycles. The third-order valence-electron chi connectivity index (χ3n) is 2.04. The van der Waals surface area contributed by atoms with Crippen molar-refractivity contribution in [2.24, 2.45) is 0 Å². The van der Waals surface area contributed by atoms with Crippen molar-refractivity contribution in [3.8, 4) is 0 Å². The van der Waals surface area contributed by atoms with E-state index in [-0.39, 0.29) is 11.7 Å². The molecule has 0 radical (unpaired) electrons. The van der Waals surface area contributed by atoms with Gasteiger partial charge in [0.1, 0.15) is 11.6 Å².